The number of rotatable bonds is 6. The van der Waals surface area contributed by atoms with Crippen molar-refractivity contribution in [2.45, 2.75) is 19.8 Å². The predicted molar refractivity (Wildman–Crippen MR) is 68.0 cm³/mol. The van der Waals surface area contributed by atoms with Gasteiger partial charge in [0, 0.05) is 13.2 Å². The third-order valence-corrected chi connectivity index (χ3v) is 2.76. The molecule has 0 saturated heterocycles. The van der Waals surface area contributed by atoms with E-state index >= 15 is 0 Å². The van der Waals surface area contributed by atoms with Gasteiger partial charge in [-0.25, -0.2) is 0 Å². The summed E-state index contributed by atoms with van der Waals surface area (Å²) < 4.78 is 5.53. The van der Waals surface area contributed by atoms with Gasteiger partial charge in [0.1, 0.15) is 5.52 Å². The first-order valence-corrected chi connectivity index (χ1v) is 6.00. The highest BCUT2D eigenvalue weighted by Gasteiger charge is 2.04. The van der Waals surface area contributed by atoms with Crippen LogP contribution in [0.1, 0.15) is 19.8 Å². The first kappa shape index (κ1) is 11.9. The molecule has 92 valence electrons. The Labute approximate surface area is 101 Å². The average Bonchev–Trinajstić information content (AvgIpc) is 2.76. The lowest BCUT2D eigenvalue weighted by molar-refractivity contribution is 0.229. The molecule has 1 heterocycles. The summed E-state index contributed by atoms with van der Waals surface area (Å²) in [4.78, 5) is 4.32. The molecular weight excluding hydrogens is 216 g/mol. The highest BCUT2D eigenvalue weighted by Crippen LogP contribution is 2.18. The molecule has 1 atom stereocenters. The number of para-hydroxylation sites is 2. The molecule has 1 aromatic carbocycles. The van der Waals surface area contributed by atoms with Crippen LogP contribution in [0.25, 0.3) is 11.1 Å². The molecule has 4 heteroatoms. The second kappa shape index (κ2) is 5.68. The molecule has 17 heavy (non-hydrogen) atoms. The quantitative estimate of drug-likeness (QED) is 0.754. The first-order chi connectivity index (χ1) is 8.29. The van der Waals surface area contributed by atoms with E-state index in [1.165, 1.54) is 0 Å². The lowest BCUT2D eigenvalue weighted by atomic mass is 10.1. The number of nitrogens with zero attached hydrogens (tertiary/aromatic N) is 1. The fourth-order valence-electron chi connectivity index (χ4n) is 1.68. The van der Waals surface area contributed by atoms with Gasteiger partial charge in [0.25, 0.3) is 6.01 Å². The Balaban J connectivity index is 1.83. The molecule has 4 nitrogen and oxygen atoms in total. The van der Waals surface area contributed by atoms with Gasteiger partial charge in [-0.1, -0.05) is 19.1 Å². The first-order valence-electron chi connectivity index (χ1n) is 6.00. The van der Waals surface area contributed by atoms with Crippen LogP contribution in [0.15, 0.2) is 28.7 Å². The molecule has 2 N–H and O–H groups in total. The van der Waals surface area contributed by atoms with Crippen LogP contribution in [0, 0.1) is 5.92 Å². The summed E-state index contributed by atoms with van der Waals surface area (Å²) in [7, 11) is 0. The minimum atomic E-state index is 0.253. The van der Waals surface area contributed by atoms with Crippen LogP contribution < -0.4 is 5.32 Å². The molecular formula is C13H18N2O2. The van der Waals surface area contributed by atoms with Crippen molar-refractivity contribution < 1.29 is 9.52 Å². The summed E-state index contributed by atoms with van der Waals surface area (Å²) in [6.45, 7) is 3.11. The Bertz CT molecular complexity index is 434. The lowest BCUT2D eigenvalue weighted by Gasteiger charge is -2.06. The van der Waals surface area contributed by atoms with Gasteiger partial charge in [0.15, 0.2) is 5.58 Å². The number of anilines is 1. The molecule has 0 fully saturated rings. The summed E-state index contributed by atoms with van der Waals surface area (Å²) in [6, 6.07) is 8.28. The summed E-state index contributed by atoms with van der Waals surface area (Å²) in [5, 5.41) is 12.0. The molecule has 0 bridgehead atoms. The van der Waals surface area contributed by atoms with E-state index in [1.807, 2.05) is 31.2 Å². The zero-order valence-corrected chi connectivity index (χ0v) is 10.0. The predicted octanol–water partition coefficient (Wildman–Crippen LogP) is 2.65. The van der Waals surface area contributed by atoms with E-state index in [2.05, 4.69) is 10.3 Å². The van der Waals surface area contributed by atoms with E-state index in [0.717, 1.165) is 30.5 Å². The third kappa shape index (κ3) is 3.20. The fourth-order valence-corrected chi connectivity index (χ4v) is 1.68. The number of aliphatic hydroxyl groups excluding tert-OH is 1. The van der Waals surface area contributed by atoms with Crippen LogP contribution in [-0.4, -0.2) is 23.2 Å². The number of aromatic nitrogens is 1. The van der Waals surface area contributed by atoms with E-state index in [0.29, 0.717) is 11.9 Å². The van der Waals surface area contributed by atoms with Crippen LogP contribution in [0.5, 0.6) is 0 Å². The molecule has 0 amide bonds. The normalized spacial score (nSPS) is 12.8. The Hall–Kier alpha value is -1.55. The number of benzene rings is 1. The van der Waals surface area contributed by atoms with Gasteiger partial charge in [0.05, 0.1) is 0 Å². The van der Waals surface area contributed by atoms with Crippen molar-refractivity contribution in [1.29, 1.82) is 0 Å². The van der Waals surface area contributed by atoms with E-state index in [4.69, 9.17) is 9.52 Å². The molecule has 0 radical (unpaired) electrons. The standard InChI is InChI=1S/C13H18N2O2/c1-10(9-16)5-4-8-14-13-15-11-6-2-3-7-12(11)17-13/h2-3,6-7,10,16H,4-5,8-9H2,1H3,(H,14,15). The molecule has 0 saturated carbocycles. The summed E-state index contributed by atoms with van der Waals surface area (Å²) >= 11 is 0. The largest absolute Gasteiger partial charge is 0.424 e. The fraction of sp³-hybridized carbons (Fsp3) is 0.462. The number of oxazole rings is 1. The third-order valence-electron chi connectivity index (χ3n) is 2.76. The summed E-state index contributed by atoms with van der Waals surface area (Å²) in [6.07, 6.45) is 2.00. The molecule has 1 aromatic heterocycles. The van der Waals surface area contributed by atoms with E-state index in [1.54, 1.807) is 0 Å². The van der Waals surface area contributed by atoms with Gasteiger partial charge in [-0.3, -0.25) is 0 Å². The van der Waals surface area contributed by atoms with Crippen molar-refractivity contribution in [3.8, 4) is 0 Å². The summed E-state index contributed by atoms with van der Waals surface area (Å²) in [5.41, 5.74) is 1.68. The zero-order chi connectivity index (χ0) is 12.1. The molecule has 0 aliphatic rings. The average molecular weight is 234 g/mol. The maximum Gasteiger partial charge on any atom is 0.295 e. The van der Waals surface area contributed by atoms with Crippen LogP contribution in [0.4, 0.5) is 6.01 Å². The van der Waals surface area contributed by atoms with Crippen LogP contribution in [-0.2, 0) is 0 Å². The van der Waals surface area contributed by atoms with Gasteiger partial charge in [-0.2, -0.15) is 4.98 Å². The Morgan fingerprint density at radius 1 is 1.41 bits per heavy atom. The number of fused-ring (bicyclic) bond motifs is 1. The second-order valence-corrected chi connectivity index (χ2v) is 4.34. The topological polar surface area (TPSA) is 58.3 Å². The van der Waals surface area contributed by atoms with E-state index < -0.39 is 0 Å². The second-order valence-electron chi connectivity index (χ2n) is 4.34. The van der Waals surface area contributed by atoms with Gasteiger partial charge in [-0.05, 0) is 30.9 Å². The summed E-state index contributed by atoms with van der Waals surface area (Å²) in [5.74, 6) is 0.362. The highest BCUT2D eigenvalue weighted by molar-refractivity contribution is 5.74. The van der Waals surface area contributed by atoms with E-state index in [-0.39, 0.29) is 6.61 Å². The Morgan fingerprint density at radius 2 is 2.24 bits per heavy atom. The zero-order valence-electron chi connectivity index (χ0n) is 10.0. The van der Waals surface area contributed by atoms with Crippen molar-refractivity contribution in [2.24, 2.45) is 5.92 Å². The van der Waals surface area contributed by atoms with Crippen molar-refractivity contribution in [3.05, 3.63) is 24.3 Å². The van der Waals surface area contributed by atoms with E-state index in [9.17, 15) is 0 Å². The highest BCUT2D eigenvalue weighted by atomic mass is 16.4. The van der Waals surface area contributed by atoms with Crippen molar-refractivity contribution in [2.75, 3.05) is 18.5 Å². The molecule has 0 aliphatic heterocycles. The van der Waals surface area contributed by atoms with Gasteiger partial charge in [0.2, 0.25) is 0 Å². The van der Waals surface area contributed by atoms with Gasteiger partial charge < -0.3 is 14.8 Å². The molecule has 2 aromatic rings. The molecule has 1 unspecified atom stereocenters. The number of hydrogen-bond acceptors (Lipinski definition) is 4. The monoisotopic (exact) mass is 234 g/mol. The van der Waals surface area contributed by atoms with Gasteiger partial charge in [-0.15, -0.1) is 0 Å². The van der Waals surface area contributed by atoms with Crippen LogP contribution >= 0.6 is 0 Å². The van der Waals surface area contributed by atoms with Crippen LogP contribution in [0.2, 0.25) is 0 Å². The number of hydrogen-bond donors (Lipinski definition) is 2. The molecule has 2 rings (SSSR count). The minimum Gasteiger partial charge on any atom is -0.424 e. The van der Waals surface area contributed by atoms with Crippen molar-refractivity contribution in [1.82, 2.24) is 4.98 Å². The minimum absolute atomic E-state index is 0.253. The van der Waals surface area contributed by atoms with Crippen molar-refractivity contribution in [3.63, 3.8) is 0 Å². The lowest BCUT2D eigenvalue weighted by Crippen LogP contribution is -2.06. The molecule has 0 aliphatic carbocycles. The maximum absolute atomic E-state index is 8.90. The van der Waals surface area contributed by atoms with Gasteiger partial charge >= 0.3 is 0 Å². The van der Waals surface area contributed by atoms with Crippen LogP contribution in [0.3, 0.4) is 0 Å². The Morgan fingerprint density at radius 3 is 3.00 bits per heavy atom. The maximum atomic E-state index is 8.90. The molecule has 0 spiro atoms. The Kier molecular flexibility index (Phi) is 3.98. The smallest absolute Gasteiger partial charge is 0.295 e. The number of nitrogens with one attached hydrogen (secondary N) is 1. The SMILES string of the molecule is CC(CO)CCCNc1nc2ccccc2o1. The number of aliphatic hydroxyl groups is 1. The van der Waals surface area contributed by atoms with Crippen molar-refractivity contribution >= 4 is 17.1 Å².